The molecular weight excluding hydrogens is 1380 g/mol. The number of rotatable bonds is 72. The van der Waals surface area contributed by atoms with Gasteiger partial charge in [0.2, 0.25) is 0 Å². The molecule has 0 saturated heterocycles. The lowest BCUT2D eigenvalue weighted by molar-refractivity contribution is -0.161. The van der Waals surface area contributed by atoms with E-state index in [4.69, 9.17) is 37.0 Å². The maximum atomic E-state index is 13.1. The molecule has 598 valence electrons. The molecule has 0 spiro atoms. The third kappa shape index (κ3) is 76.1. The molecule has 0 amide bonds. The Kier molecular flexibility index (Phi) is 72.6. The lowest BCUT2D eigenvalue weighted by Crippen LogP contribution is -2.30. The molecule has 0 heterocycles. The fraction of sp³-hybridized carbons (Fsp3) is 0.586. The van der Waals surface area contributed by atoms with Crippen LogP contribution < -0.4 is 0 Å². The van der Waals surface area contributed by atoms with Crippen LogP contribution in [-0.4, -0.2) is 96.7 Å². The van der Waals surface area contributed by atoms with E-state index < -0.39 is 97.5 Å². The highest BCUT2D eigenvalue weighted by molar-refractivity contribution is 7.47. The van der Waals surface area contributed by atoms with E-state index in [0.717, 1.165) is 161 Å². The molecular formula is C87H138O17P2. The van der Waals surface area contributed by atoms with Gasteiger partial charge in [0.1, 0.15) is 19.3 Å². The number of ether oxygens (including phenoxy) is 4. The monoisotopic (exact) mass is 1520 g/mol. The molecule has 0 aromatic carbocycles. The Morgan fingerprint density at radius 3 is 0.887 bits per heavy atom. The second-order valence-corrected chi connectivity index (χ2v) is 28.4. The van der Waals surface area contributed by atoms with Crippen LogP contribution in [0.1, 0.15) is 272 Å². The average Bonchev–Trinajstić information content (AvgIpc) is 0.903. The number of allylic oxidation sites excluding steroid dienone is 31. The second kappa shape index (κ2) is 77.1. The summed E-state index contributed by atoms with van der Waals surface area (Å²) in [5.74, 6) is -2.47. The van der Waals surface area contributed by atoms with Crippen LogP contribution in [0.2, 0.25) is 0 Å². The van der Waals surface area contributed by atoms with Gasteiger partial charge < -0.3 is 33.8 Å². The summed E-state index contributed by atoms with van der Waals surface area (Å²) in [5.41, 5.74) is 0. The zero-order valence-electron chi connectivity index (χ0n) is 65.3. The standard InChI is InChI=1S/C87H138O17P2/c1-5-9-13-17-21-25-29-33-36-38-40-42-45-49-52-56-60-64-68-72-85(90)98-78-83(104-87(92)74-70-66-62-58-54-50-46-43-41-39-37-34-30-26-22-18-14-10-6-2)80-102-106(95,96)100-76-81(88)75-99-105(93,94)101-79-82(103-86(91)73-69-65-61-57-53-47-32-28-24-20-16-12-8-4)77-97-84(89)71-67-63-59-55-51-48-44-35-31-27-23-19-15-11-7-3/h9-11,13-15,21-23,25-28,32-37,40-44,49,51-52,55,60,63-64,67,81-83,88H,5-8,12,16-20,24,29-31,38-39,45-48,50,53-54,56-59,61-62,65-66,68-80H2,1-4H3,(H,93,94)(H,95,96)/b13-9-,14-10-,15-11-,25-21-,26-22-,27-23-,32-28-,36-33-,37-34-,42-40-,43-41-,44-35-,52-49-,55-51-,64-60-,67-63-. The van der Waals surface area contributed by atoms with Gasteiger partial charge in [-0.2, -0.15) is 0 Å². The SMILES string of the molecule is CC/C=C\C/C=C\C/C=C\C/C=C\C/C=C\C/C=C\CCC(=O)OCC(COP(=O)(O)OCC(O)COP(=O)(O)OCC(COC(=O)C/C=C\C/C=C\C/C=C\C/C=C\C/C=C\CC)OC(=O)CCCCCCC/C=C\CCCCCC)OC(=O)CCCCCCCC/C=C\C/C=C\C/C=C\C/C=C\CC. The fourth-order valence-electron chi connectivity index (χ4n) is 9.66. The number of hydrogen-bond acceptors (Lipinski definition) is 15. The Bertz CT molecular complexity index is 2780. The van der Waals surface area contributed by atoms with Crippen molar-refractivity contribution in [1.29, 1.82) is 0 Å². The Morgan fingerprint density at radius 2 is 0.547 bits per heavy atom. The van der Waals surface area contributed by atoms with E-state index in [1.807, 2.05) is 36.5 Å². The van der Waals surface area contributed by atoms with Gasteiger partial charge >= 0.3 is 39.5 Å². The van der Waals surface area contributed by atoms with Gasteiger partial charge in [0.05, 0.1) is 32.8 Å². The van der Waals surface area contributed by atoms with Crippen LogP contribution in [0.4, 0.5) is 0 Å². The second-order valence-electron chi connectivity index (χ2n) is 25.5. The number of carbonyl (C=O) groups excluding carboxylic acids is 4. The van der Waals surface area contributed by atoms with E-state index in [-0.39, 0.29) is 25.7 Å². The highest BCUT2D eigenvalue weighted by atomic mass is 31.2. The molecule has 106 heavy (non-hydrogen) atoms. The Morgan fingerprint density at radius 1 is 0.283 bits per heavy atom. The van der Waals surface area contributed by atoms with Crippen molar-refractivity contribution in [2.45, 2.75) is 290 Å². The predicted molar refractivity (Wildman–Crippen MR) is 436 cm³/mol. The quantitative estimate of drug-likeness (QED) is 0.0169. The first kappa shape index (κ1) is 99.9. The summed E-state index contributed by atoms with van der Waals surface area (Å²) in [5, 5.41) is 10.6. The Balaban J connectivity index is 5.53. The fourth-order valence-corrected chi connectivity index (χ4v) is 11.2. The first-order chi connectivity index (χ1) is 51.7. The third-order valence-electron chi connectivity index (χ3n) is 15.6. The Hall–Kier alpha value is -6.10. The summed E-state index contributed by atoms with van der Waals surface area (Å²) >= 11 is 0. The minimum Gasteiger partial charge on any atom is -0.462 e. The number of aliphatic hydroxyl groups is 1. The van der Waals surface area contributed by atoms with Crippen LogP contribution in [0.25, 0.3) is 0 Å². The topological polar surface area (TPSA) is 237 Å². The molecule has 3 N–H and O–H groups in total. The number of aliphatic hydroxyl groups excluding tert-OH is 1. The van der Waals surface area contributed by atoms with E-state index >= 15 is 0 Å². The summed E-state index contributed by atoms with van der Waals surface area (Å²) < 4.78 is 68.4. The summed E-state index contributed by atoms with van der Waals surface area (Å²) in [6, 6.07) is 0. The van der Waals surface area contributed by atoms with E-state index in [9.17, 15) is 43.2 Å². The summed E-state index contributed by atoms with van der Waals surface area (Å²) in [4.78, 5) is 72.9. The highest BCUT2D eigenvalue weighted by Crippen LogP contribution is 2.45. The zero-order valence-corrected chi connectivity index (χ0v) is 67.1. The van der Waals surface area contributed by atoms with Crippen LogP contribution in [-0.2, 0) is 65.4 Å². The molecule has 0 radical (unpaired) electrons. The minimum absolute atomic E-state index is 0.0230. The number of hydrogen-bond donors (Lipinski definition) is 3. The van der Waals surface area contributed by atoms with Crippen molar-refractivity contribution in [3.05, 3.63) is 194 Å². The van der Waals surface area contributed by atoms with Crippen LogP contribution in [0.15, 0.2) is 194 Å². The number of carbonyl (C=O) groups is 4. The van der Waals surface area contributed by atoms with E-state index in [1.165, 1.54) is 25.7 Å². The van der Waals surface area contributed by atoms with E-state index in [0.29, 0.717) is 32.1 Å². The summed E-state index contributed by atoms with van der Waals surface area (Å²) in [6.45, 7) is 4.26. The van der Waals surface area contributed by atoms with Crippen molar-refractivity contribution in [3.8, 4) is 0 Å². The predicted octanol–water partition coefficient (Wildman–Crippen LogP) is 23.3. The van der Waals surface area contributed by atoms with Gasteiger partial charge in [-0.3, -0.25) is 37.3 Å². The highest BCUT2D eigenvalue weighted by Gasteiger charge is 2.30. The molecule has 0 aromatic heterocycles. The molecule has 0 saturated carbocycles. The van der Waals surface area contributed by atoms with Crippen molar-refractivity contribution in [2.24, 2.45) is 0 Å². The van der Waals surface area contributed by atoms with Gasteiger partial charge in [-0.1, -0.05) is 286 Å². The first-order valence-corrected chi connectivity index (χ1v) is 42.7. The molecule has 0 bridgehead atoms. The van der Waals surface area contributed by atoms with Gasteiger partial charge in [-0.05, 0) is 154 Å². The maximum Gasteiger partial charge on any atom is 0.472 e. The van der Waals surface area contributed by atoms with Crippen molar-refractivity contribution in [3.63, 3.8) is 0 Å². The maximum absolute atomic E-state index is 13.1. The van der Waals surface area contributed by atoms with Gasteiger partial charge in [0.15, 0.2) is 12.2 Å². The molecule has 0 rings (SSSR count). The summed E-state index contributed by atoms with van der Waals surface area (Å²) in [7, 11) is -10.0. The lowest BCUT2D eigenvalue weighted by Gasteiger charge is -2.21. The Labute approximate surface area is 640 Å². The zero-order chi connectivity index (χ0) is 77.4. The minimum atomic E-state index is -5.02. The third-order valence-corrected chi connectivity index (χ3v) is 17.5. The van der Waals surface area contributed by atoms with Crippen LogP contribution >= 0.6 is 15.6 Å². The van der Waals surface area contributed by atoms with Crippen LogP contribution in [0.3, 0.4) is 0 Å². The van der Waals surface area contributed by atoms with Crippen molar-refractivity contribution >= 4 is 39.5 Å². The van der Waals surface area contributed by atoms with Crippen molar-refractivity contribution < 1.29 is 80.2 Å². The van der Waals surface area contributed by atoms with Crippen LogP contribution in [0, 0.1) is 0 Å². The average molecular weight is 1520 g/mol. The van der Waals surface area contributed by atoms with Gasteiger partial charge in [-0.25, -0.2) is 9.13 Å². The smallest absolute Gasteiger partial charge is 0.462 e. The molecule has 17 nitrogen and oxygen atoms in total. The molecule has 19 heteroatoms. The van der Waals surface area contributed by atoms with Gasteiger partial charge in [0.25, 0.3) is 0 Å². The molecule has 5 atom stereocenters. The molecule has 0 aromatic rings. The normalized spacial score (nSPS) is 14.9. The molecule has 0 aliphatic heterocycles. The number of phosphoric acid groups is 2. The summed E-state index contributed by atoms with van der Waals surface area (Å²) in [6.07, 6.45) is 94.6. The number of unbranched alkanes of at least 4 members (excludes halogenated alkanes) is 15. The van der Waals surface area contributed by atoms with Gasteiger partial charge in [-0.15, -0.1) is 0 Å². The van der Waals surface area contributed by atoms with Crippen molar-refractivity contribution in [1.82, 2.24) is 0 Å². The largest absolute Gasteiger partial charge is 0.472 e. The van der Waals surface area contributed by atoms with Crippen LogP contribution in [0.5, 0.6) is 0 Å². The number of esters is 4. The molecule has 5 unspecified atom stereocenters. The molecule has 0 fully saturated rings. The molecule has 0 aliphatic rings. The molecule has 0 aliphatic carbocycles. The van der Waals surface area contributed by atoms with Gasteiger partial charge in [0, 0.05) is 19.3 Å². The van der Waals surface area contributed by atoms with E-state index in [2.05, 4.69) is 180 Å². The lowest BCUT2D eigenvalue weighted by atomic mass is 10.1. The van der Waals surface area contributed by atoms with Crippen molar-refractivity contribution in [2.75, 3.05) is 39.6 Å². The van der Waals surface area contributed by atoms with E-state index in [1.54, 1.807) is 6.08 Å². The first-order valence-electron chi connectivity index (χ1n) is 39.7. The number of phosphoric ester groups is 2.